The molecule has 49 heavy (non-hydrogen) atoms. The highest BCUT2D eigenvalue weighted by Gasteiger charge is 2.25. The fourth-order valence-corrected chi connectivity index (χ4v) is 5.12. The standard InChI is InChI=1S/C39H66NO8P/c1-3-5-7-9-11-13-15-16-17-18-19-20-22-23-25-27-29-31-38(41)45-35-37(36-47-49(43,44)46-34-33-40)48-39(42)32-30-28-26-24-21-14-12-10-8-6-4-2/h5,7,10-13,16-17,19-20,23,25,37H,3-4,6,8-9,14-15,18,21-22,24,26-36,40H2,1-2H3,(H,43,44). The molecule has 10 heteroatoms. The van der Waals surface area contributed by atoms with Crippen LogP contribution in [0.25, 0.3) is 0 Å². The van der Waals surface area contributed by atoms with E-state index >= 15 is 0 Å². The van der Waals surface area contributed by atoms with Crippen molar-refractivity contribution in [2.75, 3.05) is 26.4 Å². The number of esters is 2. The van der Waals surface area contributed by atoms with E-state index in [1.165, 1.54) is 12.8 Å². The van der Waals surface area contributed by atoms with Crippen molar-refractivity contribution in [1.29, 1.82) is 0 Å². The fraction of sp³-hybridized carbons (Fsp3) is 0.641. The lowest BCUT2D eigenvalue weighted by Crippen LogP contribution is -2.29. The molecular formula is C39H66NO8P. The molecule has 0 fully saturated rings. The van der Waals surface area contributed by atoms with Crippen LogP contribution in [0.15, 0.2) is 72.9 Å². The van der Waals surface area contributed by atoms with Crippen LogP contribution >= 0.6 is 7.82 Å². The summed E-state index contributed by atoms with van der Waals surface area (Å²) in [5, 5.41) is 0. The van der Waals surface area contributed by atoms with E-state index in [-0.39, 0.29) is 32.6 Å². The number of phosphoric acid groups is 1. The number of carbonyl (C=O) groups excluding carboxylic acids is 2. The van der Waals surface area contributed by atoms with Gasteiger partial charge < -0.3 is 20.1 Å². The van der Waals surface area contributed by atoms with E-state index in [2.05, 4.69) is 80.7 Å². The number of rotatable bonds is 33. The van der Waals surface area contributed by atoms with Gasteiger partial charge in [0.25, 0.3) is 0 Å². The molecule has 0 aliphatic heterocycles. The van der Waals surface area contributed by atoms with Crippen molar-refractivity contribution in [2.45, 2.75) is 136 Å². The van der Waals surface area contributed by atoms with Crippen molar-refractivity contribution in [2.24, 2.45) is 5.73 Å². The van der Waals surface area contributed by atoms with E-state index in [1.807, 2.05) is 6.08 Å². The molecule has 0 spiro atoms. The number of hydrogen-bond donors (Lipinski definition) is 2. The highest BCUT2D eigenvalue weighted by molar-refractivity contribution is 7.47. The number of ether oxygens (including phenoxy) is 2. The van der Waals surface area contributed by atoms with E-state index in [1.54, 1.807) is 0 Å². The molecule has 0 radical (unpaired) electrons. The molecule has 2 atom stereocenters. The van der Waals surface area contributed by atoms with Crippen molar-refractivity contribution in [1.82, 2.24) is 0 Å². The van der Waals surface area contributed by atoms with Gasteiger partial charge in [-0.05, 0) is 70.6 Å². The minimum atomic E-state index is -4.39. The average molecular weight is 708 g/mol. The Morgan fingerprint density at radius 2 is 1.14 bits per heavy atom. The van der Waals surface area contributed by atoms with Gasteiger partial charge in [0.2, 0.25) is 0 Å². The van der Waals surface area contributed by atoms with E-state index in [0.29, 0.717) is 12.8 Å². The molecule has 0 saturated heterocycles. The monoisotopic (exact) mass is 707 g/mol. The van der Waals surface area contributed by atoms with Gasteiger partial charge in [-0.25, -0.2) is 4.57 Å². The molecule has 9 nitrogen and oxygen atoms in total. The molecule has 0 aromatic rings. The number of carbonyl (C=O) groups is 2. The van der Waals surface area contributed by atoms with Gasteiger partial charge >= 0.3 is 19.8 Å². The van der Waals surface area contributed by atoms with E-state index in [0.717, 1.165) is 77.0 Å². The second-order valence-electron chi connectivity index (χ2n) is 11.7. The summed E-state index contributed by atoms with van der Waals surface area (Å²) in [5.41, 5.74) is 5.32. The maximum Gasteiger partial charge on any atom is 0.472 e. The third-order valence-corrected chi connectivity index (χ3v) is 8.06. The minimum absolute atomic E-state index is 0.0409. The smallest absolute Gasteiger partial charge is 0.462 e. The molecule has 280 valence electrons. The molecule has 0 aromatic carbocycles. The summed E-state index contributed by atoms with van der Waals surface area (Å²) in [6, 6.07) is 0. The number of nitrogens with two attached hydrogens (primary N) is 1. The molecule has 0 saturated carbocycles. The van der Waals surface area contributed by atoms with Crippen molar-refractivity contribution < 1.29 is 37.6 Å². The molecule has 0 aromatic heterocycles. The van der Waals surface area contributed by atoms with E-state index < -0.39 is 32.5 Å². The van der Waals surface area contributed by atoms with Gasteiger partial charge in [0.1, 0.15) is 6.61 Å². The van der Waals surface area contributed by atoms with Crippen molar-refractivity contribution in [3.63, 3.8) is 0 Å². The number of phosphoric ester groups is 1. The van der Waals surface area contributed by atoms with Crippen LogP contribution in [0.4, 0.5) is 0 Å². The second kappa shape index (κ2) is 35.3. The van der Waals surface area contributed by atoms with Gasteiger partial charge in [0.05, 0.1) is 13.2 Å². The Bertz CT molecular complexity index is 1030. The fourth-order valence-electron chi connectivity index (χ4n) is 4.35. The third kappa shape index (κ3) is 35.1. The van der Waals surface area contributed by atoms with E-state index in [9.17, 15) is 19.0 Å². The quantitative estimate of drug-likeness (QED) is 0.0296. The van der Waals surface area contributed by atoms with Gasteiger partial charge in [0.15, 0.2) is 6.10 Å². The normalized spacial score (nSPS) is 14.3. The zero-order chi connectivity index (χ0) is 36.1. The van der Waals surface area contributed by atoms with Gasteiger partial charge in [-0.15, -0.1) is 0 Å². The number of hydrogen-bond acceptors (Lipinski definition) is 8. The molecule has 0 rings (SSSR count). The molecule has 0 heterocycles. The van der Waals surface area contributed by atoms with E-state index in [4.69, 9.17) is 24.3 Å². The Morgan fingerprint density at radius 3 is 1.76 bits per heavy atom. The third-order valence-electron chi connectivity index (χ3n) is 7.08. The summed E-state index contributed by atoms with van der Waals surface area (Å²) in [7, 11) is -4.39. The molecular weight excluding hydrogens is 641 g/mol. The second-order valence-corrected chi connectivity index (χ2v) is 13.2. The summed E-state index contributed by atoms with van der Waals surface area (Å²) in [5.74, 6) is -0.919. The lowest BCUT2D eigenvalue weighted by molar-refractivity contribution is -0.161. The van der Waals surface area contributed by atoms with Gasteiger partial charge in [-0.1, -0.05) is 119 Å². The van der Waals surface area contributed by atoms with Crippen LogP contribution in [0.1, 0.15) is 129 Å². The first-order chi connectivity index (χ1) is 23.8. The van der Waals surface area contributed by atoms with Crippen molar-refractivity contribution in [3.8, 4) is 0 Å². The minimum Gasteiger partial charge on any atom is -0.462 e. The highest BCUT2D eigenvalue weighted by atomic mass is 31.2. The Morgan fingerprint density at radius 1 is 0.633 bits per heavy atom. The maximum atomic E-state index is 12.5. The summed E-state index contributed by atoms with van der Waals surface area (Å²) in [6.45, 7) is 3.46. The SMILES string of the molecule is CCC=CCC=CCC=CCC=CCC=CCCCC(=O)OCC(COP(=O)(O)OCCN)OC(=O)CCCCCCCC=CCCCC. The van der Waals surface area contributed by atoms with Gasteiger partial charge in [0, 0.05) is 19.4 Å². The zero-order valence-electron chi connectivity index (χ0n) is 30.4. The summed E-state index contributed by atoms with van der Waals surface area (Å²) >= 11 is 0. The van der Waals surface area contributed by atoms with Crippen LogP contribution in [-0.2, 0) is 32.7 Å². The van der Waals surface area contributed by atoms with Crippen LogP contribution in [-0.4, -0.2) is 49.3 Å². The topological polar surface area (TPSA) is 134 Å². The summed E-state index contributed by atoms with van der Waals surface area (Å²) in [6.07, 6.45) is 40.9. The van der Waals surface area contributed by atoms with Crippen molar-refractivity contribution in [3.05, 3.63) is 72.9 Å². The molecule has 2 unspecified atom stereocenters. The Hall–Kier alpha value is -2.55. The Kier molecular flexibility index (Phi) is 33.4. The largest absolute Gasteiger partial charge is 0.472 e. The summed E-state index contributed by atoms with van der Waals surface area (Å²) < 4.78 is 32.5. The predicted octanol–water partition coefficient (Wildman–Crippen LogP) is 9.93. The first kappa shape index (κ1) is 46.5. The van der Waals surface area contributed by atoms with Crippen molar-refractivity contribution >= 4 is 19.8 Å². The van der Waals surface area contributed by atoms with Crippen LogP contribution in [0.5, 0.6) is 0 Å². The first-order valence-electron chi connectivity index (χ1n) is 18.4. The van der Waals surface area contributed by atoms with Gasteiger partial charge in [-0.3, -0.25) is 18.6 Å². The van der Waals surface area contributed by atoms with Gasteiger partial charge in [-0.2, -0.15) is 0 Å². The van der Waals surface area contributed by atoms with Crippen LogP contribution in [0.2, 0.25) is 0 Å². The number of allylic oxidation sites excluding steroid dienone is 12. The highest BCUT2D eigenvalue weighted by Crippen LogP contribution is 2.43. The molecule has 0 aliphatic rings. The molecule has 0 bridgehead atoms. The first-order valence-corrected chi connectivity index (χ1v) is 19.9. The molecule has 0 aliphatic carbocycles. The lowest BCUT2D eigenvalue weighted by atomic mass is 10.1. The maximum absolute atomic E-state index is 12.5. The summed E-state index contributed by atoms with van der Waals surface area (Å²) in [4.78, 5) is 34.6. The van der Waals surface area contributed by atoms with Crippen LogP contribution in [0.3, 0.4) is 0 Å². The predicted molar refractivity (Wildman–Crippen MR) is 201 cm³/mol. The Labute approximate surface area is 297 Å². The average Bonchev–Trinajstić information content (AvgIpc) is 3.08. The lowest BCUT2D eigenvalue weighted by Gasteiger charge is -2.19. The molecule has 0 amide bonds. The Balaban J connectivity index is 4.36. The van der Waals surface area contributed by atoms with Crippen LogP contribution < -0.4 is 5.73 Å². The number of unbranched alkanes of at least 4 members (excludes halogenated alkanes) is 8. The molecule has 3 N–H and O–H groups in total. The van der Waals surface area contributed by atoms with Crippen LogP contribution in [0, 0.1) is 0 Å². The zero-order valence-corrected chi connectivity index (χ0v) is 31.3.